The second kappa shape index (κ2) is 23.5. The number of aromatic hydroxyl groups is 2. The van der Waals surface area contributed by atoms with Crippen LogP contribution in [0.15, 0.2) is 0 Å². The van der Waals surface area contributed by atoms with Crippen molar-refractivity contribution in [3.05, 3.63) is 44.5 Å². The molecule has 2 aliphatic rings. The molecule has 0 radical (unpaired) electrons. The largest absolute Gasteiger partial charge is 0.507 e. The minimum Gasteiger partial charge on any atom is -0.507 e. The summed E-state index contributed by atoms with van der Waals surface area (Å²) >= 11 is 0. The predicted octanol–water partition coefficient (Wildman–Crippen LogP) is 17.0. The number of ether oxygens (including phenoxy) is 2. The van der Waals surface area contributed by atoms with Gasteiger partial charge in [-0.05, 0) is 151 Å². The van der Waals surface area contributed by atoms with Gasteiger partial charge in [-0.1, -0.05) is 145 Å². The van der Waals surface area contributed by atoms with Gasteiger partial charge in [-0.25, -0.2) is 0 Å². The average Bonchev–Trinajstić information content (AvgIpc) is 3.19. The summed E-state index contributed by atoms with van der Waals surface area (Å²) in [6, 6.07) is 0. The maximum absolute atomic E-state index is 11.8. The van der Waals surface area contributed by atoms with Crippen molar-refractivity contribution >= 4 is 0 Å². The van der Waals surface area contributed by atoms with Gasteiger partial charge in [0.15, 0.2) is 0 Å². The first-order valence-corrected chi connectivity index (χ1v) is 25.8. The van der Waals surface area contributed by atoms with E-state index in [0.717, 1.165) is 130 Å². The van der Waals surface area contributed by atoms with Crippen molar-refractivity contribution in [2.24, 2.45) is 35.5 Å². The van der Waals surface area contributed by atoms with Gasteiger partial charge in [-0.15, -0.1) is 0 Å². The van der Waals surface area contributed by atoms with Crippen LogP contribution in [-0.2, 0) is 19.3 Å². The van der Waals surface area contributed by atoms with Crippen molar-refractivity contribution in [2.45, 2.75) is 256 Å². The third-order valence-corrected chi connectivity index (χ3v) is 15.8. The third-order valence-electron chi connectivity index (χ3n) is 15.8. The van der Waals surface area contributed by atoms with Gasteiger partial charge in [0.05, 0.1) is 0 Å². The van der Waals surface area contributed by atoms with Crippen LogP contribution in [0.1, 0.15) is 242 Å². The summed E-state index contributed by atoms with van der Waals surface area (Å²) in [5.74, 6) is 7.46. The van der Waals surface area contributed by atoms with E-state index in [1.807, 2.05) is 13.8 Å². The molecule has 0 spiro atoms. The summed E-state index contributed by atoms with van der Waals surface area (Å²) < 4.78 is 14.1. The lowest BCUT2D eigenvalue weighted by Crippen LogP contribution is -2.37. The average molecular weight is 845 g/mol. The van der Waals surface area contributed by atoms with Crippen LogP contribution in [0.4, 0.5) is 0 Å². The lowest BCUT2D eigenvalue weighted by molar-refractivity contribution is 0.0510. The first-order chi connectivity index (χ1) is 28.7. The molecule has 61 heavy (non-hydrogen) atoms. The van der Waals surface area contributed by atoms with E-state index in [1.54, 1.807) is 0 Å². The highest BCUT2D eigenvalue weighted by Crippen LogP contribution is 2.50. The second-order valence-electron chi connectivity index (χ2n) is 22.8. The molecule has 2 N–H and O–H groups in total. The van der Waals surface area contributed by atoms with Crippen LogP contribution in [0, 0.1) is 63.2 Å². The van der Waals surface area contributed by atoms with E-state index in [4.69, 9.17) is 9.47 Å². The number of phenolic OH excluding ortho intramolecular Hbond substituents is 2. The smallest absolute Gasteiger partial charge is 0.127 e. The van der Waals surface area contributed by atoms with E-state index in [9.17, 15) is 10.2 Å². The van der Waals surface area contributed by atoms with E-state index in [0.29, 0.717) is 17.9 Å². The number of benzene rings is 2. The third kappa shape index (κ3) is 14.8. The van der Waals surface area contributed by atoms with Crippen molar-refractivity contribution in [1.82, 2.24) is 0 Å². The molecule has 0 saturated heterocycles. The number of phenols is 2. The molecule has 6 atom stereocenters. The Balaban J connectivity index is 1.37. The van der Waals surface area contributed by atoms with Crippen LogP contribution in [0.5, 0.6) is 23.0 Å². The van der Waals surface area contributed by atoms with Gasteiger partial charge in [0.1, 0.15) is 34.2 Å². The van der Waals surface area contributed by atoms with Crippen molar-refractivity contribution < 1.29 is 19.7 Å². The summed E-state index contributed by atoms with van der Waals surface area (Å²) in [6.45, 7) is 32.0. The fourth-order valence-electron chi connectivity index (χ4n) is 10.9. The molecule has 0 fully saturated rings. The van der Waals surface area contributed by atoms with E-state index in [2.05, 4.69) is 83.1 Å². The Bertz CT molecular complexity index is 1550. The molecule has 6 unspecified atom stereocenters. The Morgan fingerprint density at radius 3 is 1.05 bits per heavy atom. The molecule has 2 aliphatic heterocycles. The highest BCUT2D eigenvalue weighted by atomic mass is 16.5. The topological polar surface area (TPSA) is 58.9 Å². The van der Waals surface area contributed by atoms with Crippen molar-refractivity contribution in [1.29, 1.82) is 0 Å². The minimum absolute atomic E-state index is 0.216. The molecule has 0 bridgehead atoms. The Kier molecular flexibility index (Phi) is 19.8. The SMILES string of the molecule is Cc1c(C)c2c(c(Cc3c(O)c(C)c(C)c4c3CCC(C)(CCCC(C)CCCC(C)CCCC(C)C)O4)c1O)CCC(C)(CCCC(C)CCCC(C)CCCC(C)C)O2. The lowest BCUT2D eigenvalue weighted by atomic mass is 9.80. The van der Waals surface area contributed by atoms with E-state index in [-0.39, 0.29) is 11.2 Å². The maximum atomic E-state index is 11.8. The molecule has 4 rings (SSSR count). The van der Waals surface area contributed by atoms with Gasteiger partial charge in [-0.2, -0.15) is 0 Å². The number of rotatable bonds is 26. The minimum atomic E-state index is -0.216. The van der Waals surface area contributed by atoms with Crippen LogP contribution >= 0.6 is 0 Å². The molecule has 348 valence electrons. The lowest BCUT2D eigenvalue weighted by Gasteiger charge is -2.39. The normalized spacial score (nSPS) is 20.9. The summed E-state index contributed by atoms with van der Waals surface area (Å²) in [7, 11) is 0. The zero-order valence-electron chi connectivity index (χ0n) is 42.4. The number of hydrogen-bond acceptors (Lipinski definition) is 4. The van der Waals surface area contributed by atoms with E-state index < -0.39 is 0 Å². The summed E-state index contributed by atoms with van der Waals surface area (Å²) in [5.41, 5.74) is 7.51. The van der Waals surface area contributed by atoms with Crippen LogP contribution in [0.3, 0.4) is 0 Å². The number of hydrogen-bond donors (Lipinski definition) is 2. The van der Waals surface area contributed by atoms with Gasteiger partial charge < -0.3 is 19.7 Å². The summed E-state index contributed by atoms with van der Waals surface area (Å²) in [6.07, 6.45) is 27.4. The zero-order valence-corrected chi connectivity index (χ0v) is 42.4. The molecule has 4 nitrogen and oxygen atoms in total. The predicted molar refractivity (Wildman–Crippen MR) is 262 cm³/mol. The van der Waals surface area contributed by atoms with Crippen molar-refractivity contribution in [3.63, 3.8) is 0 Å². The first-order valence-electron chi connectivity index (χ1n) is 25.8. The molecule has 0 aromatic heterocycles. The first kappa shape index (κ1) is 51.3. The highest BCUT2D eigenvalue weighted by molar-refractivity contribution is 5.64. The maximum Gasteiger partial charge on any atom is 0.127 e. The van der Waals surface area contributed by atoms with Gasteiger partial charge in [-0.3, -0.25) is 0 Å². The van der Waals surface area contributed by atoms with Crippen molar-refractivity contribution in [2.75, 3.05) is 0 Å². The Morgan fingerprint density at radius 1 is 0.443 bits per heavy atom. The molecule has 4 heteroatoms. The molecular weight excluding hydrogens is 749 g/mol. The molecule has 2 aromatic carbocycles. The van der Waals surface area contributed by atoms with Crippen LogP contribution in [0.25, 0.3) is 0 Å². The molecule has 0 saturated carbocycles. The molecule has 2 aromatic rings. The highest BCUT2D eigenvalue weighted by Gasteiger charge is 2.38. The molecule has 0 amide bonds. The van der Waals surface area contributed by atoms with Gasteiger partial charge in [0, 0.05) is 28.7 Å². The van der Waals surface area contributed by atoms with E-state index in [1.165, 1.54) is 103 Å². The molecular formula is C57H96O4. The van der Waals surface area contributed by atoms with Crippen molar-refractivity contribution in [3.8, 4) is 23.0 Å². The van der Waals surface area contributed by atoms with Gasteiger partial charge in [0.25, 0.3) is 0 Å². The Hall–Kier alpha value is -2.36. The monoisotopic (exact) mass is 845 g/mol. The molecule has 2 heterocycles. The second-order valence-corrected chi connectivity index (χ2v) is 22.8. The van der Waals surface area contributed by atoms with Crippen LogP contribution in [0.2, 0.25) is 0 Å². The summed E-state index contributed by atoms with van der Waals surface area (Å²) in [4.78, 5) is 0. The Morgan fingerprint density at radius 2 is 0.738 bits per heavy atom. The fraction of sp³-hybridized carbons (Fsp3) is 0.789. The number of fused-ring (bicyclic) bond motifs is 2. The standard InChI is InChI=1S/C57H96O4/c1-38(2)21-15-23-40(5)25-17-27-42(7)29-19-33-56(13)35-31-48-50(52(58)44(9)46(11)54(48)60-56)37-51-49-32-36-57(14,61-55(49)47(12)45(10)53(51)59)34-20-30-43(8)28-18-26-41(6)24-16-22-39(3)4/h38-43,58-59H,15-37H2,1-14H3. The summed E-state index contributed by atoms with van der Waals surface area (Å²) in [5, 5.41) is 23.6. The van der Waals surface area contributed by atoms with Crippen LogP contribution in [-0.4, -0.2) is 21.4 Å². The fourth-order valence-corrected chi connectivity index (χ4v) is 10.9. The zero-order chi connectivity index (χ0) is 45.1. The molecule has 0 aliphatic carbocycles. The van der Waals surface area contributed by atoms with E-state index >= 15 is 0 Å². The van der Waals surface area contributed by atoms with Crippen LogP contribution < -0.4 is 9.47 Å². The van der Waals surface area contributed by atoms with Gasteiger partial charge >= 0.3 is 0 Å². The quantitative estimate of drug-likeness (QED) is 0.0990. The van der Waals surface area contributed by atoms with Gasteiger partial charge in [0.2, 0.25) is 0 Å². The Labute approximate surface area is 377 Å².